The van der Waals surface area contributed by atoms with Gasteiger partial charge in [-0.1, -0.05) is 36.6 Å². The molecule has 0 unspecified atom stereocenters. The highest BCUT2D eigenvalue weighted by atomic mass is 16.6. The third kappa shape index (κ3) is 6.01. The van der Waals surface area contributed by atoms with E-state index in [0.29, 0.717) is 32.1 Å². The second-order valence-corrected chi connectivity index (χ2v) is 10.7. The van der Waals surface area contributed by atoms with Crippen LogP contribution < -0.4 is 0 Å². The van der Waals surface area contributed by atoms with Gasteiger partial charge in [0.05, 0.1) is 10.5 Å². The number of carbonyl (C=O) groups is 2. The van der Waals surface area contributed by atoms with Crippen molar-refractivity contribution in [3.8, 4) is 0 Å². The molecule has 0 aliphatic heterocycles. The highest BCUT2D eigenvalue weighted by molar-refractivity contribution is 5.90. The lowest BCUT2D eigenvalue weighted by atomic mass is 9.59. The number of ether oxygens (including phenoxy) is 2. The number of allylic oxidation sites excluding steroid dienone is 3. The SMILES string of the molecule is CC(=O)O[C@@H]1CC2=C(C)CC[C@@](O)([C@@H](OC(=O)c3ccc([N+](=O)[O-])cc3)/C=C(\C)CC/C=C/1C)C2(C)C. The number of aliphatic hydroxyl groups is 1. The minimum Gasteiger partial charge on any atom is -0.458 e. The molecule has 8 nitrogen and oxygen atoms in total. The summed E-state index contributed by atoms with van der Waals surface area (Å²) in [5, 5.41) is 23.3. The highest BCUT2D eigenvalue weighted by Gasteiger charge is 2.54. The van der Waals surface area contributed by atoms with Crippen molar-refractivity contribution in [3.63, 3.8) is 0 Å². The van der Waals surface area contributed by atoms with Crippen molar-refractivity contribution in [1.82, 2.24) is 0 Å². The van der Waals surface area contributed by atoms with Crippen LogP contribution in [-0.4, -0.2) is 39.8 Å². The van der Waals surface area contributed by atoms with Crippen LogP contribution in [0.15, 0.2) is 58.7 Å². The number of esters is 2. The fourth-order valence-corrected chi connectivity index (χ4v) is 5.42. The van der Waals surface area contributed by atoms with Gasteiger partial charge in [-0.05, 0) is 70.2 Å². The van der Waals surface area contributed by atoms with Crippen molar-refractivity contribution >= 4 is 17.6 Å². The first-order valence-electron chi connectivity index (χ1n) is 12.6. The zero-order valence-corrected chi connectivity index (χ0v) is 22.5. The number of fused-ring (bicyclic) bond motifs is 2. The Kier molecular flexibility index (Phi) is 8.42. The van der Waals surface area contributed by atoms with Crippen molar-refractivity contribution < 1.29 is 29.1 Å². The number of non-ortho nitro benzene ring substituents is 1. The van der Waals surface area contributed by atoms with E-state index in [1.165, 1.54) is 31.2 Å². The van der Waals surface area contributed by atoms with Gasteiger partial charge in [-0.15, -0.1) is 0 Å². The van der Waals surface area contributed by atoms with Gasteiger partial charge in [0.25, 0.3) is 5.69 Å². The molecule has 0 amide bonds. The van der Waals surface area contributed by atoms with Crippen LogP contribution in [-0.2, 0) is 14.3 Å². The monoisotopic (exact) mass is 511 g/mol. The Bertz CT molecular complexity index is 1160. The first-order chi connectivity index (χ1) is 17.3. The van der Waals surface area contributed by atoms with E-state index in [1.807, 2.05) is 40.7 Å². The van der Waals surface area contributed by atoms with Crippen molar-refractivity contribution in [3.05, 3.63) is 74.4 Å². The van der Waals surface area contributed by atoms with Crippen LogP contribution in [0.1, 0.15) is 84.0 Å². The fraction of sp³-hybridized carbons (Fsp3) is 0.517. The van der Waals surface area contributed by atoms with Crippen LogP contribution in [0.3, 0.4) is 0 Å². The summed E-state index contributed by atoms with van der Waals surface area (Å²) in [6, 6.07) is 5.22. The number of nitro groups is 1. The Morgan fingerprint density at radius 3 is 2.32 bits per heavy atom. The number of carbonyl (C=O) groups excluding carboxylic acids is 2. The zero-order valence-electron chi connectivity index (χ0n) is 22.5. The molecule has 0 saturated carbocycles. The molecule has 1 aromatic rings. The van der Waals surface area contributed by atoms with Gasteiger partial charge < -0.3 is 14.6 Å². The summed E-state index contributed by atoms with van der Waals surface area (Å²) >= 11 is 0. The van der Waals surface area contributed by atoms with Crippen LogP contribution >= 0.6 is 0 Å². The molecule has 2 bridgehead atoms. The van der Waals surface area contributed by atoms with Gasteiger partial charge in [-0.3, -0.25) is 14.9 Å². The van der Waals surface area contributed by atoms with Crippen molar-refractivity contribution in [2.24, 2.45) is 5.41 Å². The number of rotatable bonds is 4. The molecule has 8 heteroatoms. The Morgan fingerprint density at radius 2 is 1.73 bits per heavy atom. The van der Waals surface area contributed by atoms with E-state index in [2.05, 4.69) is 6.08 Å². The molecular formula is C29H37NO7. The summed E-state index contributed by atoms with van der Waals surface area (Å²) in [5.41, 5.74) is 1.81. The minimum absolute atomic E-state index is 0.124. The molecular weight excluding hydrogens is 474 g/mol. The third-order valence-corrected chi connectivity index (χ3v) is 7.90. The summed E-state index contributed by atoms with van der Waals surface area (Å²) in [4.78, 5) is 35.5. The van der Waals surface area contributed by atoms with Crippen molar-refractivity contribution in [2.75, 3.05) is 0 Å². The number of nitrogens with zero attached hydrogens (tertiary/aromatic N) is 1. The predicted molar refractivity (Wildman–Crippen MR) is 140 cm³/mol. The first kappa shape index (κ1) is 28.3. The fourth-order valence-electron chi connectivity index (χ4n) is 5.42. The van der Waals surface area contributed by atoms with Gasteiger partial charge in [0.15, 0.2) is 0 Å². The summed E-state index contributed by atoms with van der Waals surface area (Å²) < 4.78 is 11.7. The lowest BCUT2D eigenvalue weighted by Crippen LogP contribution is -2.57. The molecule has 37 heavy (non-hydrogen) atoms. The van der Waals surface area contributed by atoms with E-state index < -0.39 is 34.1 Å². The largest absolute Gasteiger partial charge is 0.458 e. The molecule has 0 fully saturated rings. The van der Waals surface area contributed by atoms with Gasteiger partial charge in [0.2, 0.25) is 0 Å². The van der Waals surface area contributed by atoms with E-state index in [9.17, 15) is 24.8 Å². The van der Waals surface area contributed by atoms with Crippen LogP contribution in [0.25, 0.3) is 0 Å². The summed E-state index contributed by atoms with van der Waals surface area (Å²) in [5.74, 6) is -1.03. The molecule has 3 rings (SSSR count). The molecule has 2 aliphatic rings. The van der Waals surface area contributed by atoms with Crippen LogP contribution in [0, 0.1) is 15.5 Å². The lowest BCUT2D eigenvalue weighted by molar-refractivity contribution is -0.384. The van der Waals surface area contributed by atoms with Crippen molar-refractivity contribution in [1.29, 1.82) is 0 Å². The standard InChI is InChI=1S/C29H37NO7/c1-18-8-7-9-20(3)25(36-21(4)31)17-24-19(2)14-15-29(33,28(24,5)6)26(16-18)37-27(32)22-10-12-23(13-11-22)30(34)35/h9-13,16,25-26,33H,7-8,14-15,17H2,1-6H3/b18-16+,20-9+/t25-,26+,29-/m1/s1. The van der Waals surface area contributed by atoms with E-state index >= 15 is 0 Å². The van der Waals surface area contributed by atoms with E-state index in [4.69, 9.17) is 9.47 Å². The Morgan fingerprint density at radius 1 is 1.08 bits per heavy atom. The van der Waals surface area contributed by atoms with Crippen LogP contribution in [0.5, 0.6) is 0 Å². The Hall–Kier alpha value is -3.26. The Labute approximate surface area is 218 Å². The van der Waals surface area contributed by atoms with Gasteiger partial charge in [0, 0.05) is 30.9 Å². The maximum absolute atomic E-state index is 13.2. The number of hydrogen-bond acceptors (Lipinski definition) is 7. The minimum atomic E-state index is -1.43. The smallest absolute Gasteiger partial charge is 0.338 e. The first-order valence-corrected chi connectivity index (χ1v) is 12.6. The molecule has 0 saturated heterocycles. The predicted octanol–water partition coefficient (Wildman–Crippen LogP) is 6.00. The van der Waals surface area contributed by atoms with E-state index in [-0.39, 0.29) is 17.2 Å². The van der Waals surface area contributed by atoms with Crippen molar-refractivity contribution in [2.45, 2.75) is 91.5 Å². The number of nitro benzene ring substituents is 1. The topological polar surface area (TPSA) is 116 Å². The normalized spacial score (nSPS) is 28.9. The zero-order chi connectivity index (χ0) is 27.5. The van der Waals surface area contributed by atoms with Gasteiger partial charge >= 0.3 is 11.9 Å². The van der Waals surface area contributed by atoms with E-state index in [0.717, 1.165) is 22.3 Å². The van der Waals surface area contributed by atoms with Gasteiger partial charge in [0.1, 0.15) is 17.8 Å². The highest BCUT2D eigenvalue weighted by Crippen LogP contribution is 2.52. The van der Waals surface area contributed by atoms with Crippen LogP contribution in [0.2, 0.25) is 0 Å². The Balaban J connectivity index is 2.06. The summed E-state index contributed by atoms with van der Waals surface area (Å²) in [6.07, 6.45) is 5.30. The number of benzene rings is 1. The van der Waals surface area contributed by atoms with E-state index in [1.54, 1.807) is 0 Å². The quantitative estimate of drug-likeness (QED) is 0.228. The summed E-state index contributed by atoms with van der Waals surface area (Å²) in [7, 11) is 0. The van der Waals surface area contributed by atoms with Gasteiger partial charge in [-0.25, -0.2) is 4.79 Å². The average molecular weight is 512 g/mol. The molecule has 200 valence electrons. The molecule has 0 spiro atoms. The third-order valence-electron chi connectivity index (χ3n) is 7.90. The molecule has 3 atom stereocenters. The lowest BCUT2D eigenvalue weighted by Gasteiger charge is -2.51. The molecule has 0 radical (unpaired) electrons. The molecule has 1 aromatic carbocycles. The number of hydrogen-bond donors (Lipinski definition) is 1. The second kappa shape index (κ2) is 11.0. The molecule has 1 N–H and O–H groups in total. The molecule has 2 aliphatic carbocycles. The average Bonchev–Trinajstić information content (AvgIpc) is 2.82. The molecule has 0 heterocycles. The van der Waals surface area contributed by atoms with Gasteiger partial charge in [-0.2, -0.15) is 0 Å². The molecule has 0 aromatic heterocycles. The van der Waals surface area contributed by atoms with Crippen LogP contribution in [0.4, 0.5) is 5.69 Å². The second-order valence-electron chi connectivity index (χ2n) is 10.7. The summed E-state index contributed by atoms with van der Waals surface area (Å²) in [6.45, 7) is 11.2. The maximum Gasteiger partial charge on any atom is 0.338 e. The maximum atomic E-state index is 13.2.